The van der Waals surface area contributed by atoms with Gasteiger partial charge in [-0.05, 0) is 88.0 Å². The molecule has 2 aromatic carbocycles. The molecule has 3 rings (SSSR count). The van der Waals surface area contributed by atoms with E-state index in [1.165, 1.54) is 11.8 Å². The minimum Gasteiger partial charge on any atom is -0.492 e. The van der Waals surface area contributed by atoms with E-state index >= 15 is 0 Å². The summed E-state index contributed by atoms with van der Waals surface area (Å²) >= 11 is 11.2. The number of thiocarbonyl (C=S) groups is 1. The maximum atomic E-state index is 12.8. The Labute approximate surface area is 183 Å². The minimum atomic E-state index is -0.0832. The Morgan fingerprint density at radius 2 is 1.84 bits per heavy atom. The normalized spacial score (nSPS) is 16.0. The maximum absolute atomic E-state index is 12.8. The Morgan fingerprint density at radius 1 is 1.20 bits per heavy atom. The number of ether oxygens (including phenoxy) is 1. The molecule has 25 heavy (non-hydrogen) atoms. The lowest BCUT2D eigenvalue weighted by Crippen LogP contribution is -2.27. The minimum absolute atomic E-state index is 0.0832. The molecule has 2 aromatic rings. The van der Waals surface area contributed by atoms with Crippen molar-refractivity contribution in [2.75, 3.05) is 11.5 Å². The van der Waals surface area contributed by atoms with E-state index in [9.17, 15) is 4.79 Å². The highest BCUT2D eigenvalue weighted by molar-refractivity contribution is 14.1. The van der Waals surface area contributed by atoms with Crippen LogP contribution in [0.15, 0.2) is 47.4 Å². The summed E-state index contributed by atoms with van der Waals surface area (Å²) in [5.41, 5.74) is 1.76. The fourth-order valence-electron chi connectivity index (χ4n) is 2.36. The highest BCUT2D eigenvalue weighted by Crippen LogP contribution is 2.37. The van der Waals surface area contributed by atoms with E-state index in [1.54, 1.807) is 4.90 Å². The molecule has 1 heterocycles. The first kappa shape index (κ1) is 19.1. The maximum Gasteiger partial charge on any atom is 0.270 e. The second-order valence-corrected chi connectivity index (χ2v) is 9.10. The molecule has 0 radical (unpaired) electrons. The summed E-state index contributed by atoms with van der Waals surface area (Å²) in [4.78, 5) is 15.0. The molecule has 0 aromatic heterocycles. The zero-order valence-corrected chi connectivity index (χ0v) is 19.1. The second kappa shape index (κ2) is 8.36. The summed E-state index contributed by atoms with van der Waals surface area (Å²) in [7, 11) is 0. The molecular weight excluding hydrogens is 580 g/mol. The lowest BCUT2D eigenvalue weighted by Gasteiger charge is -2.13. The third-order valence-electron chi connectivity index (χ3n) is 3.42. The predicted octanol–water partition coefficient (Wildman–Crippen LogP) is 5.70. The van der Waals surface area contributed by atoms with E-state index in [1.807, 2.05) is 55.5 Å². The summed E-state index contributed by atoms with van der Waals surface area (Å²) < 4.78 is 8.27. The lowest BCUT2D eigenvalue weighted by molar-refractivity contribution is -0.113. The quantitative estimate of drug-likeness (QED) is 0.259. The monoisotopic (exact) mass is 593 g/mol. The topological polar surface area (TPSA) is 29.5 Å². The fourth-order valence-corrected chi connectivity index (χ4v) is 5.79. The van der Waals surface area contributed by atoms with Gasteiger partial charge in [-0.3, -0.25) is 9.69 Å². The fraction of sp³-hybridized carbons (Fsp3) is 0.111. The van der Waals surface area contributed by atoms with Gasteiger partial charge in [-0.15, -0.1) is 0 Å². The van der Waals surface area contributed by atoms with E-state index in [0.717, 1.165) is 24.1 Å². The van der Waals surface area contributed by atoms with Crippen molar-refractivity contribution in [3.05, 3.63) is 60.1 Å². The standard InChI is InChI=1S/C18H13I2NO2S2/c1-2-23-16-13(19)8-11(9-14(16)20)10-15-17(22)21(18(24)25-15)12-6-4-3-5-7-12/h3-10H,2H2,1H3/b15-10+. The molecule has 3 nitrogen and oxygen atoms in total. The van der Waals surface area contributed by atoms with Crippen LogP contribution >= 0.6 is 69.2 Å². The number of halogens is 2. The number of thioether (sulfide) groups is 1. The van der Waals surface area contributed by atoms with Gasteiger partial charge in [0.1, 0.15) is 5.75 Å². The molecule has 0 saturated carbocycles. The van der Waals surface area contributed by atoms with E-state index in [-0.39, 0.29) is 5.91 Å². The number of hydrogen-bond donors (Lipinski definition) is 0. The predicted molar refractivity (Wildman–Crippen MR) is 125 cm³/mol. The number of para-hydroxylation sites is 1. The van der Waals surface area contributed by atoms with Crippen LogP contribution in [0.5, 0.6) is 5.75 Å². The summed E-state index contributed by atoms with van der Waals surface area (Å²) in [6.07, 6.45) is 1.89. The summed E-state index contributed by atoms with van der Waals surface area (Å²) in [6, 6.07) is 13.5. The van der Waals surface area contributed by atoms with Crippen LogP contribution in [0.3, 0.4) is 0 Å². The third kappa shape index (κ3) is 4.20. The van der Waals surface area contributed by atoms with E-state index < -0.39 is 0 Å². The number of anilines is 1. The Morgan fingerprint density at radius 3 is 2.44 bits per heavy atom. The van der Waals surface area contributed by atoms with Gasteiger partial charge in [0.25, 0.3) is 5.91 Å². The Hall–Kier alpha value is -0.650. The molecule has 0 spiro atoms. The highest BCUT2D eigenvalue weighted by atomic mass is 127. The van der Waals surface area contributed by atoms with Crippen molar-refractivity contribution >= 4 is 91.2 Å². The number of nitrogens with zero attached hydrogens (tertiary/aromatic N) is 1. The number of benzene rings is 2. The Bertz CT molecular complexity index is 846. The highest BCUT2D eigenvalue weighted by Gasteiger charge is 2.33. The number of carbonyl (C=O) groups is 1. The van der Waals surface area contributed by atoms with Gasteiger partial charge in [0.15, 0.2) is 4.32 Å². The number of hydrogen-bond acceptors (Lipinski definition) is 4. The molecule has 7 heteroatoms. The first-order chi connectivity index (χ1) is 12.0. The van der Waals surface area contributed by atoms with Crippen molar-refractivity contribution in [2.45, 2.75) is 6.92 Å². The van der Waals surface area contributed by atoms with Crippen LogP contribution < -0.4 is 9.64 Å². The molecule has 1 fully saturated rings. The molecule has 0 atom stereocenters. The van der Waals surface area contributed by atoms with Crippen molar-refractivity contribution in [3.8, 4) is 5.75 Å². The van der Waals surface area contributed by atoms with Crippen molar-refractivity contribution in [3.63, 3.8) is 0 Å². The molecule has 128 valence electrons. The van der Waals surface area contributed by atoms with Gasteiger partial charge in [-0.2, -0.15) is 0 Å². The van der Waals surface area contributed by atoms with Gasteiger partial charge in [0.05, 0.1) is 24.3 Å². The van der Waals surface area contributed by atoms with Gasteiger partial charge in [-0.25, -0.2) is 0 Å². The van der Waals surface area contributed by atoms with Crippen LogP contribution in [0, 0.1) is 7.14 Å². The molecular formula is C18H13I2NO2S2. The zero-order chi connectivity index (χ0) is 18.0. The SMILES string of the molecule is CCOc1c(I)cc(/C=C2/SC(=S)N(c3ccccc3)C2=O)cc1I. The number of carbonyl (C=O) groups excluding carboxylic acids is 1. The third-order valence-corrected chi connectivity index (χ3v) is 6.32. The van der Waals surface area contributed by atoms with Crippen molar-refractivity contribution in [1.29, 1.82) is 0 Å². The van der Waals surface area contributed by atoms with Gasteiger partial charge >= 0.3 is 0 Å². The average Bonchev–Trinajstić information content (AvgIpc) is 2.85. The van der Waals surface area contributed by atoms with Crippen LogP contribution in [0.4, 0.5) is 5.69 Å². The molecule has 0 N–H and O–H groups in total. The van der Waals surface area contributed by atoms with Crippen LogP contribution in [-0.4, -0.2) is 16.8 Å². The average molecular weight is 593 g/mol. The van der Waals surface area contributed by atoms with Crippen molar-refractivity contribution < 1.29 is 9.53 Å². The first-order valence-corrected chi connectivity index (χ1v) is 10.8. The molecule has 1 amide bonds. The first-order valence-electron chi connectivity index (χ1n) is 7.46. The molecule has 0 unspecified atom stereocenters. The smallest absolute Gasteiger partial charge is 0.270 e. The van der Waals surface area contributed by atoms with Crippen molar-refractivity contribution in [2.24, 2.45) is 0 Å². The number of rotatable bonds is 4. The van der Waals surface area contributed by atoms with E-state index in [4.69, 9.17) is 17.0 Å². The van der Waals surface area contributed by atoms with Gasteiger partial charge in [0.2, 0.25) is 0 Å². The second-order valence-electron chi connectivity index (χ2n) is 5.10. The van der Waals surface area contributed by atoms with Gasteiger partial charge in [0, 0.05) is 0 Å². The summed E-state index contributed by atoms with van der Waals surface area (Å²) in [5, 5.41) is 0. The molecule has 1 aliphatic rings. The van der Waals surface area contributed by atoms with E-state index in [2.05, 4.69) is 45.2 Å². The Kier molecular flexibility index (Phi) is 6.39. The van der Waals surface area contributed by atoms with Crippen LogP contribution in [0.2, 0.25) is 0 Å². The van der Waals surface area contributed by atoms with Crippen LogP contribution in [-0.2, 0) is 4.79 Å². The number of amides is 1. The Balaban J connectivity index is 1.93. The van der Waals surface area contributed by atoms with E-state index in [0.29, 0.717) is 15.8 Å². The zero-order valence-electron chi connectivity index (χ0n) is 13.2. The largest absolute Gasteiger partial charge is 0.492 e. The molecule has 0 aliphatic carbocycles. The lowest BCUT2D eigenvalue weighted by atomic mass is 10.2. The molecule has 0 bridgehead atoms. The van der Waals surface area contributed by atoms with Gasteiger partial charge in [-0.1, -0.05) is 42.2 Å². The van der Waals surface area contributed by atoms with Crippen molar-refractivity contribution in [1.82, 2.24) is 0 Å². The molecule has 1 saturated heterocycles. The summed E-state index contributed by atoms with van der Waals surface area (Å²) in [6.45, 7) is 2.59. The van der Waals surface area contributed by atoms with Gasteiger partial charge < -0.3 is 4.74 Å². The van der Waals surface area contributed by atoms with Crippen LogP contribution in [0.1, 0.15) is 12.5 Å². The summed E-state index contributed by atoms with van der Waals surface area (Å²) in [5.74, 6) is 0.804. The van der Waals surface area contributed by atoms with Crippen LogP contribution in [0.25, 0.3) is 6.08 Å². The molecule has 1 aliphatic heterocycles.